The Labute approximate surface area is 198 Å². The molecule has 0 aliphatic carbocycles. The summed E-state index contributed by atoms with van der Waals surface area (Å²) in [5.41, 5.74) is 1.77. The quantitative estimate of drug-likeness (QED) is 0.287. The Hall–Kier alpha value is -3.70. The van der Waals surface area contributed by atoms with E-state index in [0.29, 0.717) is 39.4 Å². The summed E-state index contributed by atoms with van der Waals surface area (Å²) in [6, 6.07) is 16.5. The van der Waals surface area contributed by atoms with Gasteiger partial charge in [0.05, 0.1) is 18.2 Å². The van der Waals surface area contributed by atoms with Crippen molar-refractivity contribution in [3.63, 3.8) is 0 Å². The van der Waals surface area contributed by atoms with Gasteiger partial charge in [0.15, 0.2) is 18.1 Å². The maximum absolute atomic E-state index is 13.6. The van der Waals surface area contributed by atoms with E-state index in [1.54, 1.807) is 31.2 Å². The lowest BCUT2D eigenvalue weighted by Crippen LogP contribution is -2.20. The summed E-state index contributed by atoms with van der Waals surface area (Å²) in [6.07, 6.45) is 1.60. The average Bonchev–Trinajstić information content (AvgIpc) is 2.79. The van der Waals surface area contributed by atoms with Gasteiger partial charge in [0.1, 0.15) is 11.6 Å². The van der Waals surface area contributed by atoms with Gasteiger partial charge in [-0.15, -0.1) is 0 Å². The number of benzene rings is 3. The molecule has 0 aliphatic rings. The largest absolute Gasteiger partial charge is 0.490 e. The normalized spacial score (nSPS) is 10.9. The molecule has 8 heteroatoms. The lowest BCUT2D eigenvalue weighted by atomic mass is 10.0. The Morgan fingerprint density at radius 1 is 1.06 bits per heavy atom. The molecule has 3 aromatic carbocycles. The number of carbonyl (C=O) groups is 1. The molecular weight excluding hydrogens is 494 g/mol. The van der Waals surface area contributed by atoms with Gasteiger partial charge in [-0.1, -0.05) is 28.1 Å². The first kappa shape index (κ1) is 24.0. The van der Waals surface area contributed by atoms with Crippen LogP contribution in [-0.2, 0) is 4.79 Å². The molecule has 0 heterocycles. The van der Waals surface area contributed by atoms with Gasteiger partial charge >= 0.3 is 0 Å². The van der Waals surface area contributed by atoms with E-state index in [0.717, 1.165) is 0 Å². The fraction of sp³-hybridized carbons (Fsp3) is 0.120. The van der Waals surface area contributed by atoms with Crippen molar-refractivity contribution in [1.82, 2.24) is 0 Å². The molecule has 0 unspecified atom stereocenters. The first-order valence-corrected chi connectivity index (χ1v) is 10.7. The molecule has 0 aromatic heterocycles. The van der Waals surface area contributed by atoms with Crippen molar-refractivity contribution < 1.29 is 23.0 Å². The summed E-state index contributed by atoms with van der Waals surface area (Å²) in [4.78, 5) is 12.2. The third-order valence-corrected chi connectivity index (χ3v) is 5.09. The van der Waals surface area contributed by atoms with Crippen LogP contribution in [0.1, 0.15) is 18.1 Å². The van der Waals surface area contributed by atoms with Gasteiger partial charge in [-0.25, -0.2) is 8.78 Å². The fourth-order valence-electron chi connectivity index (χ4n) is 2.91. The summed E-state index contributed by atoms with van der Waals surface area (Å²) in [6.45, 7) is 1.85. The molecule has 0 saturated carbocycles. The number of nitrogens with one attached hydrogen (secondary N) is 1. The van der Waals surface area contributed by atoms with Gasteiger partial charge in [0, 0.05) is 10.2 Å². The van der Waals surface area contributed by atoms with Gasteiger partial charge in [-0.3, -0.25) is 4.79 Å². The predicted octanol–water partition coefficient (Wildman–Crippen LogP) is 6.21. The van der Waals surface area contributed by atoms with Crippen molar-refractivity contribution in [3.8, 4) is 17.6 Å². The van der Waals surface area contributed by atoms with E-state index < -0.39 is 17.5 Å². The standard InChI is InChI=1S/C25H19BrF2N2O3/c1-2-32-23-12-17(10-18(14-29)16-4-3-5-20(28)11-16)22(26)13-24(23)33-15-25(31)30-21-8-6-19(27)7-9-21/h3-13H,2,15H2,1H3,(H,30,31)/b18-10-. The number of hydrogen-bond donors (Lipinski definition) is 1. The highest BCUT2D eigenvalue weighted by atomic mass is 79.9. The number of rotatable bonds is 8. The fourth-order valence-corrected chi connectivity index (χ4v) is 3.34. The summed E-state index contributed by atoms with van der Waals surface area (Å²) in [7, 11) is 0. The minimum absolute atomic E-state index is 0.269. The van der Waals surface area contributed by atoms with Gasteiger partial charge in [-0.2, -0.15) is 5.26 Å². The number of allylic oxidation sites excluding steroid dienone is 1. The van der Waals surface area contributed by atoms with Gasteiger partial charge in [0.25, 0.3) is 5.91 Å². The lowest BCUT2D eigenvalue weighted by Gasteiger charge is -2.14. The van der Waals surface area contributed by atoms with Crippen LogP contribution in [-0.4, -0.2) is 19.1 Å². The topological polar surface area (TPSA) is 71.3 Å². The second-order valence-corrected chi connectivity index (χ2v) is 7.63. The molecule has 3 rings (SSSR count). The third-order valence-electron chi connectivity index (χ3n) is 4.41. The van der Waals surface area contributed by atoms with E-state index >= 15 is 0 Å². The zero-order valence-corrected chi connectivity index (χ0v) is 19.2. The van der Waals surface area contributed by atoms with Crippen molar-refractivity contribution in [2.24, 2.45) is 0 Å². The molecule has 0 saturated heterocycles. The number of anilines is 1. The molecule has 0 aliphatic heterocycles. The maximum Gasteiger partial charge on any atom is 0.262 e. The number of hydrogen-bond acceptors (Lipinski definition) is 4. The van der Waals surface area contributed by atoms with Gasteiger partial charge in [0.2, 0.25) is 0 Å². The number of halogens is 3. The second kappa shape index (κ2) is 11.2. The predicted molar refractivity (Wildman–Crippen MR) is 126 cm³/mol. The molecular formula is C25H19BrF2N2O3. The zero-order chi connectivity index (χ0) is 23.8. The Kier molecular flexibility index (Phi) is 8.17. The highest BCUT2D eigenvalue weighted by Crippen LogP contribution is 2.35. The summed E-state index contributed by atoms with van der Waals surface area (Å²) in [5.74, 6) is -0.577. The molecule has 3 aromatic rings. The van der Waals surface area contributed by atoms with E-state index in [1.165, 1.54) is 42.5 Å². The molecule has 0 fully saturated rings. The minimum atomic E-state index is -0.439. The first-order chi connectivity index (χ1) is 15.9. The number of nitriles is 1. The summed E-state index contributed by atoms with van der Waals surface area (Å²) >= 11 is 3.45. The smallest absolute Gasteiger partial charge is 0.262 e. The van der Waals surface area contributed by atoms with Crippen LogP contribution >= 0.6 is 15.9 Å². The number of ether oxygens (including phenoxy) is 2. The molecule has 0 atom stereocenters. The van der Waals surface area contributed by atoms with Crippen LogP contribution in [0.3, 0.4) is 0 Å². The Bertz CT molecular complexity index is 1220. The molecule has 5 nitrogen and oxygen atoms in total. The van der Waals surface area contributed by atoms with Crippen molar-refractivity contribution in [2.75, 3.05) is 18.5 Å². The molecule has 0 bridgehead atoms. The minimum Gasteiger partial charge on any atom is -0.490 e. The maximum atomic E-state index is 13.6. The SMILES string of the molecule is CCOc1cc(/C=C(/C#N)c2cccc(F)c2)c(Br)cc1OCC(=O)Nc1ccc(F)cc1. The van der Waals surface area contributed by atoms with Crippen molar-refractivity contribution >= 4 is 39.2 Å². The van der Waals surface area contributed by atoms with E-state index in [9.17, 15) is 18.8 Å². The molecule has 0 radical (unpaired) electrons. The zero-order valence-electron chi connectivity index (χ0n) is 17.6. The van der Waals surface area contributed by atoms with Crippen molar-refractivity contribution in [1.29, 1.82) is 5.26 Å². The average molecular weight is 513 g/mol. The number of carbonyl (C=O) groups excluding carboxylic acids is 1. The first-order valence-electron chi connectivity index (χ1n) is 9.92. The van der Waals surface area contributed by atoms with Crippen LogP contribution in [0.15, 0.2) is 65.1 Å². The molecule has 33 heavy (non-hydrogen) atoms. The van der Waals surface area contributed by atoms with E-state index in [2.05, 4.69) is 27.3 Å². The van der Waals surface area contributed by atoms with Gasteiger partial charge < -0.3 is 14.8 Å². The molecule has 0 spiro atoms. The van der Waals surface area contributed by atoms with Crippen molar-refractivity contribution in [3.05, 3.63) is 87.9 Å². The van der Waals surface area contributed by atoms with Gasteiger partial charge in [-0.05, 0) is 72.7 Å². The highest BCUT2D eigenvalue weighted by Gasteiger charge is 2.13. The van der Waals surface area contributed by atoms with Crippen LogP contribution in [0.25, 0.3) is 11.6 Å². The van der Waals surface area contributed by atoms with Crippen LogP contribution in [0.2, 0.25) is 0 Å². The highest BCUT2D eigenvalue weighted by molar-refractivity contribution is 9.10. The van der Waals surface area contributed by atoms with Crippen LogP contribution in [0.5, 0.6) is 11.5 Å². The Morgan fingerprint density at radius 2 is 1.79 bits per heavy atom. The van der Waals surface area contributed by atoms with Crippen molar-refractivity contribution in [2.45, 2.75) is 6.92 Å². The van der Waals surface area contributed by atoms with Crippen LogP contribution < -0.4 is 14.8 Å². The van der Waals surface area contributed by atoms with E-state index in [1.807, 2.05) is 0 Å². The van der Waals surface area contributed by atoms with Crippen LogP contribution in [0, 0.1) is 23.0 Å². The summed E-state index contributed by atoms with van der Waals surface area (Å²) in [5, 5.41) is 12.2. The molecule has 1 N–H and O–H groups in total. The Morgan fingerprint density at radius 3 is 2.45 bits per heavy atom. The number of nitrogens with zero attached hydrogens (tertiary/aromatic N) is 1. The lowest BCUT2D eigenvalue weighted by molar-refractivity contribution is -0.118. The number of amides is 1. The molecule has 1 amide bonds. The summed E-state index contributed by atoms with van der Waals surface area (Å²) < 4.78 is 38.4. The second-order valence-electron chi connectivity index (χ2n) is 6.78. The molecule has 168 valence electrons. The monoisotopic (exact) mass is 512 g/mol. The van der Waals surface area contributed by atoms with Crippen LogP contribution in [0.4, 0.5) is 14.5 Å². The Balaban J connectivity index is 1.81. The third kappa shape index (κ3) is 6.64. The van der Waals surface area contributed by atoms with E-state index in [-0.39, 0.29) is 12.2 Å². The van der Waals surface area contributed by atoms with E-state index in [4.69, 9.17) is 9.47 Å².